The van der Waals surface area contributed by atoms with E-state index in [9.17, 15) is 4.79 Å². The highest BCUT2D eigenvalue weighted by molar-refractivity contribution is 5.81. The maximum absolute atomic E-state index is 10.5. The Balaban J connectivity index is 2.03. The number of para-hydroxylation sites is 1. The van der Waals surface area contributed by atoms with Crippen molar-refractivity contribution >= 4 is 16.9 Å². The number of aliphatic carboxylic acids is 1. The van der Waals surface area contributed by atoms with Gasteiger partial charge in [-0.25, -0.2) is 0 Å². The lowest BCUT2D eigenvalue weighted by molar-refractivity contribution is -0.137. The summed E-state index contributed by atoms with van der Waals surface area (Å²) in [5, 5.41) is 14.3. The van der Waals surface area contributed by atoms with Gasteiger partial charge in [-0.3, -0.25) is 9.48 Å². The molecule has 102 valence electrons. The van der Waals surface area contributed by atoms with E-state index in [1.807, 2.05) is 30.9 Å². The first kappa shape index (κ1) is 13.5. The Labute approximate surface area is 112 Å². The summed E-state index contributed by atoms with van der Waals surface area (Å²) in [5.41, 5.74) is 2.16. The Morgan fingerprint density at radius 1 is 1.42 bits per heavy atom. The van der Waals surface area contributed by atoms with E-state index in [-0.39, 0.29) is 6.42 Å². The van der Waals surface area contributed by atoms with E-state index in [1.165, 1.54) is 0 Å². The highest BCUT2D eigenvalue weighted by Crippen LogP contribution is 2.18. The van der Waals surface area contributed by atoms with E-state index in [2.05, 4.69) is 22.1 Å². The minimum absolute atomic E-state index is 0.216. The number of carboxylic acids is 1. The van der Waals surface area contributed by atoms with E-state index in [0.717, 1.165) is 29.7 Å². The first-order chi connectivity index (χ1) is 9.08. The average molecular weight is 261 g/mol. The lowest BCUT2D eigenvalue weighted by atomic mass is 10.2. The van der Waals surface area contributed by atoms with Crippen LogP contribution in [0.5, 0.6) is 0 Å². The van der Waals surface area contributed by atoms with Gasteiger partial charge in [-0.15, -0.1) is 0 Å². The number of aromatic nitrogens is 2. The third kappa shape index (κ3) is 3.32. The molecule has 19 heavy (non-hydrogen) atoms. The Bertz CT molecular complexity index is 577. The third-order valence-electron chi connectivity index (χ3n) is 3.18. The van der Waals surface area contributed by atoms with Gasteiger partial charge in [0.05, 0.1) is 11.2 Å². The fourth-order valence-corrected chi connectivity index (χ4v) is 2.24. The van der Waals surface area contributed by atoms with Crippen LogP contribution in [-0.4, -0.2) is 39.3 Å². The monoisotopic (exact) mass is 261 g/mol. The molecule has 5 heteroatoms. The minimum Gasteiger partial charge on any atom is -0.481 e. The van der Waals surface area contributed by atoms with E-state index in [4.69, 9.17) is 5.11 Å². The molecule has 0 atom stereocenters. The largest absolute Gasteiger partial charge is 0.481 e. The minimum atomic E-state index is -0.739. The number of nitrogens with zero attached hydrogens (tertiary/aromatic N) is 3. The van der Waals surface area contributed by atoms with Gasteiger partial charge in [-0.1, -0.05) is 18.2 Å². The lowest BCUT2D eigenvalue weighted by Gasteiger charge is -2.14. The van der Waals surface area contributed by atoms with Crippen LogP contribution in [0.4, 0.5) is 0 Å². The molecule has 0 aliphatic carbocycles. The van der Waals surface area contributed by atoms with E-state index in [0.29, 0.717) is 6.42 Å². The topological polar surface area (TPSA) is 58.4 Å². The summed E-state index contributed by atoms with van der Waals surface area (Å²) in [4.78, 5) is 12.6. The summed E-state index contributed by atoms with van der Waals surface area (Å²) in [5.74, 6) is -0.739. The molecule has 1 aromatic carbocycles. The van der Waals surface area contributed by atoms with Crippen LogP contribution in [0.15, 0.2) is 24.3 Å². The van der Waals surface area contributed by atoms with Gasteiger partial charge in [0.1, 0.15) is 0 Å². The first-order valence-corrected chi connectivity index (χ1v) is 6.39. The number of benzene rings is 1. The van der Waals surface area contributed by atoms with Gasteiger partial charge in [0.15, 0.2) is 0 Å². The van der Waals surface area contributed by atoms with Crippen LogP contribution in [0.25, 0.3) is 10.9 Å². The van der Waals surface area contributed by atoms with Gasteiger partial charge in [0.25, 0.3) is 0 Å². The quantitative estimate of drug-likeness (QED) is 0.862. The molecular weight excluding hydrogens is 242 g/mol. The molecule has 0 spiro atoms. The highest BCUT2D eigenvalue weighted by Gasteiger charge is 2.10. The molecule has 0 amide bonds. The number of fused-ring (bicyclic) bond motifs is 1. The molecule has 0 bridgehead atoms. The van der Waals surface area contributed by atoms with Crippen molar-refractivity contribution in [3.05, 3.63) is 30.0 Å². The Morgan fingerprint density at radius 3 is 2.89 bits per heavy atom. The van der Waals surface area contributed by atoms with Crippen molar-refractivity contribution in [2.75, 3.05) is 13.6 Å². The predicted octanol–water partition coefficient (Wildman–Crippen LogP) is 1.87. The second kappa shape index (κ2) is 5.84. The van der Waals surface area contributed by atoms with Crippen molar-refractivity contribution in [3.63, 3.8) is 0 Å². The van der Waals surface area contributed by atoms with Gasteiger partial charge in [-0.2, -0.15) is 5.10 Å². The van der Waals surface area contributed by atoms with Crippen molar-refractivity contribution in [3.8, 4) is 0 Å². The fraction of sp³-hybridized carbons (Fsp3) is 0.429. The second-order valence-electron chi connectivity index (χ2n) is 4.82. The number of carbonyl (C=O) groups is 1. The van der Waals surface area contributed by atoms with Crippen LogP contribution in [0.2, 0.25) is 0 Å². The van der Waals surface area contributed by atoms with Gasteiger partial charge in [-0.05, 0) is 26.1 Å². The maximum Gasteiger partial charge on any atom is 0.303 e. The van der Waals surface area contributed by atoms with Gasteiger partial charge in [0.2, 0.25) is 0 Å². The smallest absolute Gasteiger partial charge is 0.303 e. The summed E-state index contributed by atoms with van der Waals surface area (Å²) < 4.78 is 1.88. The summed E-state index contributed by atoms with van der Waals surface area (Å²) in [6, 6.07) is 8.14. The van der Waals surface area contributed by atoms with Crippen LogP contribution in [0.3, 0.4) is 0 Å². The fourth-order valence-electron chi connectivity index (χ4n) is 2.24. The zero-order valence-corrected chi connectivity index (χ0v) is 11.3. The third-order valence-corrected chi connectivity index (χ3v) is 3.18. The van der Waals surface area contributed by atoms with E-state index < -0.39 is 5.97 Å². The number of aryl methyl sites for hydroxylation is 1. The number of carboxylic acid groups (broad SMARTS) is 1. The molecule has 0 saturated carbocycles. The summed E-state index contributed by atoms with van der Waals surface area (Å²) in [6.07, 6.45) is 0.879. The van der Waals surface area contributed by atoms with Gasteiger partial charge in [0, 0.05) is 25.4 Å². The zero-order chi connectivity index (χ0) is 13.8. The standard InChI is InChI=1S/C14H19N3O2/c1-16(9-5-8-14(18)19)10-12-11-6-3-4-7-13(11)17(2)15-12/h3-4,6-7H,5,8-10H2,1-2H3,(H,18,19). The normalized spacial score (nSPS) is 11.3. The molecule has 0 aliphatic heterocycles. The van der Waals surface area contributed by atoms with Crippen LogP contribution in [0, 0.1) is 0 Å². The van der Waals surface area contributed by atoms with Crippen molar-refractivity contribution < 1.29 is 9.90 Å². The van der Waals surface area contributed by atoms with Crippen LogP contribution in [-0.2, 0) is 18.4 Å². The Hall–Kier alpha value is -1.88. The summed E-state index contributed by atoms with van der Waals surface area (Å²) in [6.45, 7) is 1.50. The molecule has 0 radical (unpaired) electrons. The molecule has 0 fully saturated rings. The van der Waals surface area contributed by atoms with Crippen LogP contribution >= 0.6 is 0 Å². The number of rotatable bonds is 6. The summed E-state index contributed by atoms with van der Waals surface area (Å²) in [7, 11) is 3.93. The number of hydrogen-bond donors (Lipinski definition) is 1. The maximum atomic E-state index is 10.5. The Morgan fingerprint density at radius 2 is 2.16 bits per heavy atom. The molecule has 1 aromatic heterocycles. The highest BCUT2D eigenvalue weighted by atomic mass is 16.4. The molecule has 0 aliphatic rings. The predicted molar refractivity (Wildman–Crippen MR) is 73.9 cm³/mol. The first-order valence-electron chi connectivity index (χ1n) is 6.39. The molecule has 0 saturated heterocycles. The molecule has 2 aromatic rings. The van der Waals surface area contributed by atoms with Gasteiger partial charge >= 0.3 is 5.97 Å². The molecule has 1 N–H and O–H groups in total. The van der Waals surface area contributed by atoms with Crippen LogP contribution < -0.4 is 0 Å². The van der Waals surface area contributed by atoms with Gasteiger partial charge < -0.3 is 10.0 Å². The summed E-state index contributed by atoms with van der Waals surface area (Å²) >= 11 is 0. The molecule has 2 rings (SSSR count). The molecule has 1 heterocycles. The molecule has 0 unspecified atom stereocenters. The Kier molecular flexibility index (Phi) is 4.16. The molecule has 5 nitrogen and oxygen atoms in total. The average Bonchev–Trinajstić information content (AvgIpc) is 2.66. The van der Waals surface area contributed by atoms with E-state index >= 15 is 0 Å². The zero-order valence-electron chi connectivity index (χ0n) is 11.3. The SMILES string of the molecule is CN(CCCC(=O)O)Cc1nn(C)c2ccccc12. The number of hydrogen-bond acceptors (Lipinski definition) is 3. The van der Waals surface area contributed by atoms with Crippen molar-refractivity contribution in [2.45, 2.75) is 19.4 Å². The van der Waals surface area contributed by atoms with Crippen molar-refractivity contribution in [2.24, 2.45) is 7.05 Å². The van der Waals surface area contributed by atoms with E-state index in [1.54, 1.807) is 0 Å². The molecular formula is C14H19N3O2. The lowest BCUT2D eigenvalue weighted by Crippen LogP contribution is -2.20. The van der Waals surface area contributed by atoms with Crippen molar-refractivity contribution in [1.29, 1.82) is 0 Å². The second-order valence-corrected chi connectivity index (χ2v) is 4.82. The van der Waals surface area contributed by atoms with Crippen LogP contribution in [0.1, 0.15) is 18.5 Å². The van der Waals surface area contributed by atoms with Crippen molar-refractivity contribution in [1.82, 2.24) is 14.7 Å².